The number of hydrazine groups is 1. The first kappa shape index (κ1) is 22.5. The fourth-order valence-corrected chi connectivity index (χ4v) is 3.47. The lowest BCUT2D eigenvalue weighted by atomic mass is 10.1. The van der Waals surface area contributed by atoms with Crippen molar-refractivity contribution in [1.29, 1.82) is 0 Å². The van der Waals surface area contributed by atoms with Crippen LogP contribution in [0.1, 0.15) is 11.3 Å². The van der Waals surface area contributed by atoms with Crippen molar-refractivity contribution >= 4 is 51.9 Å². The molecule has 4 rings (SSSR count). The maximum atomic E-state index is 12.9. The SMILES string of the molecule is O=C1NN(c2ccc(I)cc2)C(=O)C1=Cc1ccc(-c2ccc(C(F)(F)F)cc2[N+](=O)[O-])o1. The van der Waals surface area contributed by atoms with Gasteiger partial charge in [0.05, 0.1) is 21.7 Å². The van der Waals surface area contributed by atoms with Crippen molar-refractivity contribution in [3.8, 4) is 11.3 Å². The molecule has 1 N–H and O–H groups in total. The zero-order chi connectivity index (χ0) is 23.9. The van der Waals surface area contributed by atoms with Crippen LogP contribution in [0.5, 0.6) is 0 Å². The highest BCUT2D eigenvalue weighted by molar-refractivity contribution is 14.1. The number of rotatable bonds is 4. The molecular weight excluding hydrogens is 558 g/mol. The summed E-state index contributed by atoms with van der Waals surface area (Å²) in [4.78, 5) is 35.4. The molecule has 0 bridgehead atoms. The first-order valence-corrected chi connectivity index (χ1v) is 10.2. The highest BCUT2D eigenvalue weighted by Gasteiger charge is 2.35. The van der Waals surface area contributed by atoms with Crippen LogP contribution in [0, 0.1) is 13.7 Å². The molecular formula is C21H11F3IN3O5. The van der Waals surface area contributed by atoms with Gasteiger partial charge in [-0.15, -0.1) is 0 Å². The normalized spacial score (nSPS) is 15.3. The van der Waals surface area contributed by atoms with Gasteiger partial charge in [0.15, 0.2) is 0 Å². The number of anilines is 1. The number of furan rings is 1. The third kappa shape index (κ3) is 4.46. The Balaban J connectivity index is 1.65. The minimum Gasteiger partial charge on any atom is -0.456 e. The predicted octanol–water partition coefficient (Wildman–Crippen LogP) is 4.94. The van der Waals surface area contributed by atoms with E-state index in [-0.39, 0.29) is 22.7 Å². The minimum atomic E-state index is -4.75. The van der Waals surface area contributed by atoms with Crippen LogP contribution in [0.4, 0.5) is 24.5 Å². The number of hydrogen-bond donors (Lipinski definition) is 1. The van der Waals surface area contributed by atoms with E-state index >= 15 is 0 Å². The van der Waals surface area contributed by atoms with E-state index in [9.17, 15) is 32.9 Å². The van der Waals surface area contributed by atoms with Crippen molar-refractivity contribution in [1.82, 2.24) is 5.43 Å². The van der Waals surface area contributed by atoms with E-state index in [0.29, 0.717) is 17.8 Å². The van der Waals surface area contributed by atoms with E-state index in [1.165, 1.54) is 12.1 Å². The van der Waals surface area contributed by atoms with Crippen LogP contribution in [0.3, 0.4) is 0 Å². The summed E-state index contributed by atoms with van der Waals surface area (Å²) in [6, 6.07) is 11.5. The molecule has 0 atom stereocenters. The highest BCUT2D eigenvalue weighted by atomic mass is 127. The zero-order valence-corrected chi connectivity index (χ0v) is 18.4. The molecule has 12 heteroatoms. The van der Waals surface area contributed by atoms with Gasteiger partial charge in [0.2, 0.25) is 0 Å². The number of nitro benzene ring substituents is 1. The van der Waals surface area contributed by atoms with E-state index in [4.69, 9.17) is 4.42 Å². The monoisotopic (exact) mass is 569 g/mol. The quantitative estimate of drug-likeness (QED) is 0.158. The Kier molecular flexibility index (Phi) is 5.69. The second-order valence-electron chi connectivity index (χ2n) is 6.80. The summed E-state index contributed by atoms with van der Waals surface area (Å²) in [5.74, 6) is -1.40. The molecule has 2 aromatic carbocycles. The van der Waals surface area contributed by atoms with Crippen molar-refractivity contribution in [2.24, 2.45) is 0 Å². The maximum absolute atomic E-state index is 12.9. The highest BCUT2D eigenvalue weighted by Crippen LogP contribution is 2.37. The Morgan fingerprint density at radius 3 is 2.39 bits per heavy atom. The standard InChI is InChI=1S/C21H11F3IN3O5/c22-21(23,24)11-1-7-15(17(9-11)28(31)32)18-8-6-14(33-18)10-16-19(29)26-27(20(16)30)13-4-2-12(25)3-5-13/h1-10H,(H,26,29). The van der Waals surface area contributed by atoms with Gasteiger partial charge in [0.1, 0.15) is 17.1 Å². The van der Waals surface area contributed by atoms with Gasteiger partial charge in [-0.05, 0) is 77.2 Å². The summed E-state index contributed by atoms with van der Waals surface area (Å²) in [5, 5.41) is 12.4. The molecule has 0 radical (unpaired) electrons. The van der Waals surface area contributed by atoms with Crippen molar-refractivity contribution in [3.63, 3.8) is 0 Å². The molecule has 8 nitrogen and oxygen atoms in total. The number of nitro groups is 1. The summed E-state index contributed by atoms with van der Waals surface area (Å²) < 4.78 is 45.2. The number of hydrogen-bond acceptors (Lipinski definition) is 5. The Morgan fingerprint density at radius 1 is 1.06 bits per heavy atom. The number of amides is 2. The second kappa shape index (κ2) is 8.35. The third-order valence-corrected chi connectivity index (χ3v) is 5.40. The molecule has 0 aliphatic carbocycles. The summed E-state index contributed by atoms with van der Waals surface area (Å²) in [6.45, 7) is 0. The number of alkyl halides is 3. The molecule has 168 valence electrons. The van der Waals surface area contributed by atoms with Gasteiger partial charge in [-0.1, -0.05) is 0 Å². The van der Waals surface area contributed by atoms with Gasteiger partial charge in [0.25, 0.3) is 17.5 Å². The summed E-state index contributed by atoms with van der Waals surface area (Å²) >= 11 is 2.09. The fraction of sp³-hybridized carbons (Fsp3) is 0.0476. The van der Waals surface area contributed by atoms with E-state index < -0.39 is 34.2 Å². The molecule has 2 amide bonds. The number of nitrogens with one attached hydrogen (secondary N) is 1. The molecule has 1 aliphatic rings. The lowest BCUT2D eigenvalue weighted by Gasteiger charge is -2.14. The molecule has 1 aromatic heterocycles. The first-order valence-electron chi connectivity index (χ1n) is 9.13. The molecule has 1 saturated heterocycles. The molecule has 1 fully saturated rings. The smallest absolute Gasteiger partial charge is 0.416 e. The molecule has 0 spiro atoms. The predicted molar refractivity (Wildman–Crippen MR) is 119 cm³/mol. The Hall–Kier alpha value is -3.68. The van der Waals surface area contributed by atoms with Crippen molar-refractivity contribution < 1.29 is 32.1 Å². The zero-order valence-electron chi connectivity index (χ0n) is 16.2. The summed E-state index contributed by atoms with van der Waals surface area (Å²) in [5.41, 5.74) is 0.488. The van der Waals surface area contributed by atoms with Gasteiger partial charge in [-0.3, -0.25) is 25.1 Å². The third-order valence-electron chi connectivity index (χ3n) is 4.68. The van der Waals surface area contributed by atoms with Crippen LogP contribution in [-0.2, 0) is 15.8 Å². The molecule has 3 aromatic rings. The van der Waals surface area contributed by atoms with E-state index in [0.717, 1.165) is 20.7 Å². The van der Waals surface area contributed by atoms with Crippen LogP contribution in [0.2, 0.25) is 0 Å². The number of benzene rings is 2. The van der Waals surface area contributed by atoms with Crippen LogP contribution in [0.25, 0.3) is 17.4 Å². The Morgan fingerprint density at radius 2 is 1.76 bits per heavy atom. The van der Waals surface area contributed by atoms with Crippen molar-refractivity contribution in [2.75, 3.05) is 5.01 Å². The maximum Gasteiger partial charge on any atom is 0.416 e. The Labute approximate surface area is 196 Å². The van der Waals surface area contributed by atoms with Crippen LogP contribution in [-0.4, -0.2) is 16.7 Å². The minimum absolute atomic E-state index is 0.0159. The first-order chi connectivity index (χ1) is 15.5. The van der Waals surface area contributed by atoms with Gasteiger partial charge in [0, 0.05) is 9.64 Å². The molecule has 0 saturated carbocycles. The van der Waals surface area contributed by atoms with Crippen LogP contribution >= 0.6 is 22.6 Å². The average Bonchev–Trinajstić information content (AvgIpc) is 3.33. The largest absolute Gasteiger partial charge is 0.456 e. The van der Waals surface area contributed by atoms with Crippen LogP contribution in [0.15, 0.2) is 64.6 Å². The summed E-state index contributed by atoms with van der Waals surface area (Å²) in [6.07, 6.45) is -3.59. The lowest BCUT2D eigenvalue weighted by Crippen LogP contribution is -2.35. The molecule has 0 unspecified atom stereocenters. The topological polar surface area (TPSA) is 106 Å². The number of carbonyl (C=O) groups excluding carboxylic acids is 2. The van der Waals surface area contributed by atoms with Gasteiger partial charge in [-0.25, -0.2) is 5.01 Å². The lowest BCUT2D eigenvalue weighted by molar-refractivity contribution is -0.384. The number of halogens is 4. The Bertz CT molecular complexity index is 1320. The molecule has 1 aliphatic heterocycles. The number of carbonyl (C=O) groups is 2. The van der Waals surface area contributed by atoms with E-state index in [2.05, 4.69) is 28.0 Å². The van der Waals surface area contributed by atoms with Crippen LogP contribution < -0.4 is 10.4 Å². The molecule has 33 heavy (non-hydrogen) atoms. The average molecular weight is 569 g/mol. The second-order valence-corrected chi connectivity index (χ2v) is 8.05. The van der Waals surface area contributed by atoms with Gasteiger partial charge in [-0.2, -0.15) is 13.2 Å². The van der Waals surface area contributed by atoms with Gasteiger partial charge >= 0.3 is 6.18 Å². The van der Waals surface area contributed by atoms with E-state index in [1.54, 1.807) is 24.3 Å². The number of nitrogens with zero attached hydrogens (tertiary/aromatic N) is 2. The fourth-order valence-electron chi connectivity index (χ4n) is 3.11. The van der Waals surface area contributed by atoms with E-state index in [1.807, 2.05) is 0 Å². The van der Waals surface area contributed by atoms with Gasteiger partial charge < -0.3 is 4.42 Å². The van der Waals surface area contributed by atoms with Crippen molar-refractivity contribution in [3.05, 3.63) is 85.2 Å². The van der Waals surface area contributed by atoms with Crippen molar-refractivity contribution in [2.45, 2.75) is 6.18 Å². The molecule has 2 heterocycles. The summed E-state index contributed by atoms with van der Waals surface area (Å²) in [7, 11) is 0.